The number of hydrogen-bond donors (Lipinski definition) is 1. The SMILES string of the molecule is Cc1ccc(OCC(=O)N2CCCCC2CCN)cc1.Cl. The Bertz CT molecular complexity index is 434. The van der Waals surface area contributed by atoms with Crippen LogP contribution in [0.1, 0.15) is 31.2 Å². The Hall–Kier alpha value is -1.26. The van der Waals surface area contributed by atoms with Crippen LogP contribution in [0.4, 0.5) is 0 Å². The van der Waals surface area contributed by atoms with Gasteiger partial charge in [-0.05, 0) is 51.3 Å². The quantitative estimate of drug-likeness (QED) is 0.909. The summed E-state index contributed by atoms with van der Waals surface area (Å²) in [5.74, 6) is 0.819. The fourth-order valence-corrected chi connectivity index (χ4v) is 2.68. The molecule has 1 atom stereocenters. The molecule has 118 valence electrons. The molecule has 1 saturated heterocycles. The summed E-state index contributed by atoms with van der Waals surface area (Å²) >= 11 is 0. The van der Waals surface area contributed by atoms with Crippen molar-refractivity contribution in [3.8, 4) is 5.75 Å². The minimum absolute atomic E-state index is 0. The number of benzene rings is 1. The van der Waals surface area contributed by atoms with Crippen LogP contribution in [0.25, 0.3) is 0 Å². The monoisotopic (exact) mass is 312 g/mol. The van der Waals surface area contributed by atoms with Crippen molar-refractivity contribution < 1.29 is 9.53 Å². The molecule has 1 unspecified atom stereocenters. The third-order valence-electron chi connectivity index (χ3n) is 3.83. The van der Waals surface area contributed by atoms with Gasteiger partial charge in [-0.2, -0.15) is 0 Å². The van der Waals surface area contributed by atoms with Crippen molar-refractivity contribution in [2.24, 2.45) is 5.73 Å². The van der Waals surface area contributed by atoms with Crippen LogP contribution in [-0.4, -0.2) is 36.5 Å². The van der Waals surface area contributed by atoms with E-state index in [1.54, 1.807) is 0 Å². The Kier molecular flexibility index (Phi) is 7.54. The summed E-state index contributed by atoms with van der Waals surface area (Å²) in [5.41, 5.74) is 6.81. The molecule has 1 heterocycles. The van der Waals surface area contributed by atoms with E-state index in [0.29, 0.717) is 12.6 Å². The standard InChI is InChI=1S/C16H24N2O2.ClH/c1-13-5-7-15(8-6-13)20-12-16(19)18-11-3-2-4-14(18)9-10-17;/h5-8,14H,2-4,9-12,17H2,1H3;1H. The van der Waals surface area contributed by atoms with Crippen molar-refractivity contribution in [1.29, 1.82) is 0 Å². The molecule has 2 N–H and O–H groups in total. The molecule has 1 fully saturated rings. The molecule has 21 heavy (non-hydrogen) atoms. The van der Waals surface area contributed by atoms with E-state index in [4.69, 9.17) is 10.5 Å². The van der Waals surface area contributed by atoms with Gasteiger partial charge in [0, 0.05) is 12.6 Å². The van der Waals surface area contributed by atoms with Crippen LogP contribution in [0.5, 0.6) is 5.75 Å². The number of aryl methyl sites for hydroxylation is 1. The second kappa shape index (κ2) is 8.90. The van der Waals surface area contributed by atoms with Gasteiger partial charge in [-0.1, -0.05) is 17.7 Å². The molecule has 4 nitrogen and oxygen atoms in total. The molecular weight excluding hydrogens is 288 g/mol. The van der Waals surface area contributed by atoms with E-state index in [-0.39, 0.29) is 24.9 Å². The van der Waals surface area contributed by atoms with Gasteiger partial charge in [0.25, 0.3) is 5.91 Å². The number of nitrogens with two attached hydrogens (primary N) is 1. The molecule has 5 heteroatoms. The van der Waals surface area contributed by atoms with E-state index >= 15 is 0 Å². The average molecular weight is 313 g/mol. The minimum atomic E-state index is 0. The topological polar surface area (TPSA) is 55.6 Å². The highest BCUT2D eigenvalue weighted by Crippen LogP contribution is 2.20. The Morgan fingerprint density at radius 2 is 2.05 bits per heavy atom. The number of rotatable bonds is 5. The second-order valence-electron chi connectivity index (χ2n) is 5.42. The number of ether oxygens (including phenoxy) is 1. The number of piperidine rings is 1. The summed E-state index contributed by atoms with van der Waals surface area (Å²) in [6.45, 7) is 3.61. The van der Waals surface area contributed by atoms with Gasteiger partial charge in [0.2, 0.25) is 0 Å². The van der Waals surface area contributed by atoms with E-state index in [9.17, 15) is 4.79 Å². The fraction of sp³-hybridized carbons (Fsp3) is 0.562. The van der Waals surface area contributed by atoms with Gasteiger partial charge >= 0.3 is 0 Å². The highest BCUT2D eigenvalue weighted by molar-refractivity contribution is 5.85. The molecule has 2 rings (SSSR count). The summed E-state index contributed by atoms with van der Waals surface area (Å²) in [6.07, 6.45) is 4.22. The van der Waals surface area contributed by atoms with Gasteiger partial charge in [0.05, 0.1) is 0 Å². The van der Waals surface area contributed by atoms with E-state index in [2.05, 4.69) is 0 Å². The lowest BCUT2D eigenvalue weighted by Crippen LogP contribution is -2.46. The van der Waals surface area contributed by atoms with Crippen LogP contribution >= 0.6 is 12.4 Å². The maximum Gasteiger partial charge on any atom is 0.260 e. The molecule has 0 bridgehead atoms. The van der Waals surface area contributed by atoms with Gasteiger partial charge in [-0.25, -0.2) is 0 Å². The summed E-state index contributed by atoms with van der Waals surface area (Å²) in [4.78, 5) is 14.2. The smallest absolute Gasteiger partial charge is 0.260 e. The van der Waals surface area contributed by atoms with Crippen molar-refractivity contribution in [2.75, 3.05) is 19.7 Å². The first-order valence-electron chi connectivity index (χ1n) is 7.39. The predicted molar refractivity (Wildman–Crippen MR) is 86.9 cm³/mol. The highest BCUT2D eigenvalue weighted by Gasteiger charge is 2.26. The van der Waals surface area contributed by atoms with Crippen LogP contribution < -0.4 is 10.5 Å². The molecule has 1 aliphatic rings. The summed E-state index contributed by atoms with van der Waals surface area (Å²) in [5, 5.41) is 0. The summed E-state index contributed by atoms with van der Waals surface area (Å²) in [7, 11) is 0. The van der Waals surface area contributed by atoms with E-state index in [1.165, 1.54) is 12.0 Å². The number of carbonyl (C=O) groups is 1. The molecule has 1 aromatic rings. The van der Waals surface area contributed by atoms with Gasteiger partial charge in [0.1, 0.15) is 5.75 Å². The number of amides is 1. The van der Waals surface area contributed by atoms with E-state index < -0.39 is 0 Å². The zero-order valence-electron chi connectivity index (χ0n) is 12.6. The predicted octanol–water partition coefficient (Wildman–Crippen LogP) is 2.53. The minimum Gasteiger partial charge on any atom is -0.484 e. The second-order valence-corrected chi connectivity index (χ2v) is 5.42. The maximum absolute atomic E-state index is 12.3. The lowest BCUT2D eigenvalue weighted by molar-refractivity contribution is -0.137. The summed E-state index contributed by atoms with van der Waals surface area (Å²) in [6, 6.07) is 8.06. The third kappa shape index (κ3) is 5.21. The molecular formula is C16H25ClN2O2. The summed E-state index contributed by atoms with van der Waals surface area (Å²) < 4.78 is 5.58. The molecule has 1 aliphatic heterocycles. The lowest BCUT2D eigenvalue weighted by atomic mass is 9.99. The van der Waals surface area contributed by atoms with Crippen LogP contribution in [-0.2, 0) is 4.79 Å². The van der Waals surface area contributed by atoms with Crippen molar-refractivity contribution in [3.05, 3.63) is 29.8 Å². The molecule has 0 saturated carbocycles. The first-order chi connectivity index (χ1) is 9.70. The average Bonchev–Trinajstić information content (AvgIpc) is 2.47. The lowest BCUT2D eigenvalue weighted by Gasteiger charge is -2.35. The third-order valence-corrected chi connectivity index (χ3v) is 3.83. The molecule has 0 radical (unpaired) electrons. The molecule has 0 spiro atoms. The van der Waals surface area contributed by atoms with Gasteiger partial charge in [-0.3, -0.25) is 4.79 Å². The van der Waals surface area contributed by atoms with Gasteiger partial charge in [-0.15, -0.1) is 12.4 Å². The largest absolute Gasteiger partial charge is 0.484 e. The first-order valence-corrected chi connectivity index (χ1v) is 7.39. The molecule has 1 amide bonds. The number of carbonyl (C=O) groups excluding carboxylic acids is 1. The van der Waals surface area contributed by atoms with E-state index in [0.717, 1.165) is 31.6 Å². The number of nitrogens with zero attached hydrogens (tertiary/aromatic N) is 1. The maximum atomic E-state index is 12.3. The van der Waals surface area contributed by atoms with Crippen LogP contribution in [0.2, 0.25) is 0 Å². The Labute approximate surface area is 133 Å². The van der Waals surface area contributed by atoms with Gasteiger partial charge < -0.3 is 15.4 Å². The normalized spacial score (nSPS) is 18.0. The zero-order chi connectivity index (χ0) is 14.4. The number of halogens is 1. The van der Waals surface area contributed by atoms with Gasteiger partial charge in [0.15, 0.2) is 6.61 Å². The van der Waals surface area contributed by atoms with Crippen LogP contribution in [0.3, 0.4) is 0 Å². The van der Waals surface area contributed by atoms with Crippen LogP contribution in [0, 0.1) is 6.92 Å². The molecule has 0 aliphatic carbocycles. The fourth-order valence-electron chi connectivity index (χ4n) is 2.68. The number of hydrogen-bond acceptors (Lipinski definition) is 3. The Morgan fingerprint density at radius 1 is 1.33 bits per heavy atom. The zero-order valence-corrected chi connectivity index (χ0v) is 13.4. The Balaban J connectivity index is 0.00000220. The van der Waals surface area contributed by atoms with Crippen molar-refractivity contribution in [1.82, 2.24) is 4.90 Å². The highest BCUT2D eigenvalue weighted by atomic mass is 35.5. The van der Waals surface area contributed by atoms with Crippen molar-refractivity contribution in [3.63, 3.8) is 0 Å². The van der Waals surface area contributed by atoms with Crippen molar-refractivity contribution in [2.45, 2.75) is 38.6 Å². The first kappa shape index (κ1) is 17.8. The Morgan fingerprint density at radius 3 is 2.71 bits per heavy atom. The number of likely N-dealkylation sites (tertiary alicyclic amines) is 1. The van der Waals surface area contributed by atoms with E-state index in [1.807, 2.05) is 36.1 Å². The van der Waals surface area contributed by atoms with Crippen LogP contribution in [0.15, 0.2) is 24.3 Å². The molecule has 1 aromatic carbocycles. The van der Waals surface area contributed by atoms with Crippen molar-refractivity contribution >= 4 is 18.3 Å². The molecule has 0 aromatic heterocycles.